The number of pyridine rings is 1. The van der Waals surface area contributed by atoms with Crippen LogP contribution in [0.1, 0.15) is 53.6 Å². The second kappa shape index (κ2) is 9.23. The van der Waals surface area contributed by atoms with Gasteiger partial charge >= 0.3 is 0 Å². The number of aromatic nitrogens is 1. The number of nitrogens with one attached hydrogen (secondary N) is 1. The smallest absolute Gasteiger partial charge is 0.134 e. The SMILES string of the molecule is Cc1ccc2c(c1)Cc1cc(Cc3ccccc3)nc(NCCCN3CCCCC3)c1-2. The first kappa shape index (κ1) is 20.3. The third-order valence-electron chi connectivity index (χ3n) is 6.69. The van der Waals surface area contributed by atoms with Gasteiger partial charge in [-0.15, -0.1) is 0 Å². The summed E-state index contributed by atoms with van der Waals surface area (Å²) in [5.74, 6) is 1.07. The average molecular weight is 412 g/mol. The van der Waals surface area contributed by atoms with Gasteiger partial charge < -0.3 is 10.2 Å². The molecule has 2 aromatic carbocycles. The standard InChI is InChI=1S/C28H33N3/c1-21-11-12-26-23(17-21)19-24-20-25(18-22-9-4-2-5-10-22)30-28(27(24)26)29-13-8-16-31-14-6-3-7-15-31/h2,4-5,9-12,17,20H,3,6-8,13-16,18-19H2,1H3,(H,29,30). The molecule has 160 valence electrons. The van der Waals surface area contributed by atoms with E-state index in [2.05, 4.69) is 71.7 Å². The van der Waals surface area contributed by atoms with Crippen molar-refractivity contribution in [3.05, 3.63) is 82.5 Å². The molecule has 1 aliphatic heterocycles. The molecule has 3 nitrogen and oxygen atoms in total. The van der Waals surface area contributed by atoms with Gasteiger partial charge in [-0.3, -0.25) is 0 Å². The molecule has 0 amide bonds. The molecule has 31 heavy (non-hydrogen) atoms. The first-order valence-electron chi connectivity index (χ1n) is 11.9. The molecular weight excluding hydrogens is 378 g/mol. The van der Waals surface area contributed by atoms with E-state index in [9.17, 15) is 0 Å². The van der Waals surface area contributed by atoms with Crippen LogP contribution in [0.4, 0.5) is 5.82 Å². The Labute approximate surface area is 186 Å². The normalized spacial score (nSPS) is 15.5. The number of aryl methyl sites for hydroxylation is 1. The van der Waals surface area contributed by atoms with Gasteiger partial charge in [0.1, 0.15) is 5.82 Å². The van der Waals surface area contributed by atoms with E-state index in [1.807, 2.05) is 0 Å². The maximum absolute atomic E-state index is 5.12. The summed E-state index contributed by atoms with van der Waals surface area (Å²) in [7, 11) is 0. The van der Waals surface area contributed by atoms with Gasteiger partial charge in [-0.25, -0.2) is 4.98 Å². The minimum Gasteiger partial charge on any atom is -0.369 e. The molecule has 0 saturated carbocycles. The minimum atomic E-state index is 0.881. The number of hydrogen-bond donors (Lipinski definition) is 1. The highest BCUT2D eigenvalue weighted by Gasteiger charge is 2.23. The maximum Gasteiger partial charge on any atom is 0.134 e. The summed E-state index contributed by atoms with van der Waals surface area (Å²) < 4.78 is 0. The van der Waals surface area contributed by atoms with Gasteiger partial charge in [0, 0.05) is 24.2 Å². The summed E-state index contributed by atoms with van der Waals surface area (Å²) >= 11 is 0. The number of rotatable bonds is 7. The van der Waals surface area contributed by atoms with E-state index in [1.165, 1.54) is 78.7 Å². The third-order valence-corrected chi connectivity index (χ3v) is 6.69. The minimum absolute atomic E-state index is 0.881. The molecule has 3 heteroatoms. The van der Waals surface area contributed by atoms with Gasteiger partial charge in [-0.1, -0.05) is 60.5 Å². The number of likely N-dealkylation sites (tertiary alicyclic amines) is 1. The monoisotopic (exact) mass is 411 g/mol. The lowest BCUT2D eigenvalue weighted by Crippen LogP contribution is -2.31. The molecule has 1 aromatic heterocycles. The van der Waals surface area contributed by atoms with Crippen LogP contribution in [0.15, 0.2) is 54.6 Å². The Kier molecular flexibility index (Phi) is 6.04. The van der Waals surface area contributed by atoms with E-state index < -0.39 is 0 Å². The summed E-state index contributed by atoms with van der Waals surface area (Å²) in [5, 5.41) is 3.73. The molecule has 2 aliphatic rings. The largest absolute Gasteiger partial charge is 0.369 e. The number of piperidine rings is 1. The second-order valence-corrected chi connectivity index (χ2v) is 9.18. The van der Waals surface area contributed by atoms with Crippen LogP contribution in [-0.4, -0.2) is 36.1 Å². The molecule has 1 fully saturated rings. The third kappa shape index (κ3) is 4.67. The zero-order valence-corrected chi connectivity index (χ0v) is 18.7. The summed E-state index contributed by atoms with van der Waals surface area (Å²) in [6.45, 7) is 6.89. The van der Waals surface area contributed by atoms with Gasteiger partial charge in [0.15, 0.2) is 0 Å². The summed E-state index contributed by atoms with van der Waals surface area (Å²) in [6.07, 6.45) is 7.18. The Morgan fingerprint density at radius 1 is 0.935 bits per heavy atom. The van der Waals surface area contributed by atoms with Crippen molar-refractivity contribution in [2.24, 2.45) is 0 Å². The van der Waals surface area contributed by atoms with Crippen molar-refractivity contribution < 1.29 is 0 Å². The van der Waals surface area contributed by atoms with E-state index in [4.69, 9.17) is 4.98 Å². The van der Waals surface area contributed by atoms with Crippen LogP contribution in [0.3, 0.4) is 0 Å². The van der Waals surface area contributed by atoms with Gasteiger partial charge in [-0.05, 0) is 80.6 Å². The number of hydrogen-bond acceptors (Lipinski definition) is 3. The Bertz CT molecular complexity index is 1040. The number of benzene rings is 2. The van der Waals surface area contributed by atoms with Crippen molar-refractivity contribution in [1.82, 2.24) is 9.88 Å². The molecule has 2 heterocycles. The molecule has 1 aliphatic carbocycles. The Morgan fingerprint density at radius 3 is 2.61 bits per heavy atom. The topological polar surface area (TPSA) is 28.2 Å². The molecule has 0 radical (unpaired) electrons. The van der Waals surface area contributed by atoms with Crippen molar-refractivity contribution in [1.29, 1.82) is 0 Å². The van der Waals surface area contributed by atoms with E-state index in [0.717, 1.165) is 30.9 Å². The number of fused-ring (bicyclic) bond motifs is 3. The van der Waals surface area contributed by atoms with Crippen molar-refractivity contribution in [3.8, 4) is 11.1 Å². The molecule has 0 unspecified atom stereocenters. The summed E-state index contributed by atoms with van der Waals surface area (Å²) in [5.41, 5.74) is 9.35. The first-order valence-corrected chi connectivity index (χ1v) is 11.9. The molecule has 1 N–H and O–H groups in total. The van der Waals surface area contributed by atoms with E-state index in [-0.39, 0.29) is 0 Å². The first-order chi connectivity index (χ1) is 15.3. The molecule has 0 bridgehead atoms. The Morgan fingerprint density at radius 2 is 1.77 bits per heavy atom. The molecule has 0 atom stereocenters. The van der Waals surface area contributed by atoms with Crippen molar-refractivity contribution in [2.45, 2.75) is 45.4 Å². The van der Waals surface area contributed by atoms with E-state index >= 15 is 0 Å². The van der Waals surface area contributed by atoms with Crippen molar-refractivity contribution in [2.75, 3.05) is 31.5 Å². The van der Waals surface area contributed by atoms with Crippen LogP contribution in [0, 0.1) is 6.92 Å². The maximum atomic E-state index is 5.12. The van der Waals surface area contributed by atoms with Gasteiger partial charge in [0.05, 0.1) is 0 Å². The zero-order valence-electron chi connectivity index (χ0n) is 18.7. The number of nitrogens with zero attached hydrogens (tertiary/aromatic N) is 2. The molecular formula is C28H33N3. The van der Waals surface area contributed by atoms with Gasteiger partial charge in [0.2, 0.25) is 0 Å². The highest BCUT2D eigenvalue weighted by atomic mass is 15.1. The zero-order chi connectivity index (χ0) is 21.0. The van der Waals surface area contributed by atoms with E-state index in [0.29, 0.717) is 0 Å². The molecule has 1 saturated heterocycles. The Balaban J connectivity index is 1.37. The average Bonchev–Trinajstić information content (AvgIpc) is 3.15. The van der Waals surface area contributed by atoms with Crippen LogP contribution < -0.4 is 5.32 Å². The van der Waals surface area contributed by atoms with Crippen LogP contribution in [0.5, 0.6) is 0 Å². The lowest BCUT2D eigenvalue weighted by molar-refractivity contribution is 0.228. The highest BCUT2D eigenvalue weighted by molar-refractivity contribution is 5.85. The second-order valence-electron chi connectivity index (χ2n) is 9.18. The molecule has 3 aromatic rings. The quantitative estimate of drug-likeness (QED) is 0.387. The van der Waals surface area contributed by atoms with E-state index in [1.54, 1.807) is 0 Å². The van der Waals surface area contributed by atoms with Gasteiger partial charge in [0.25, 0.3) is 0 Å². The summed E-state index contributed by atoms with van der Waals surface area (Å²) in [4.78, 5) is 7.74. The summed E-state index contributed by atoms with van der Waals surface area (Å²) in [6, 6.07) is 19.9. The van der Waals surface area contributed by atoms with Crippen molar-refractivity contribution >= 4 is 5.82 Å². The predicted molar refractivity (Wildman–Crippen MR) is 130 cm³/mol. The fraction of sp³-hybridized carbons (Fsp3) is 0.393. The number of anilines is 1. The van der Waals surface area contributed by atoms with Crippen LogP contribution in [-0.2, 0) is 12.8 Å². The fourth-order valence-corrected chi connectivity index (χ4v) is 5.13. The highest BCUT2D eigenvalue weighted by Crippen LogP contribution is 2.41. The van der Waals surface area contributed by atoms with Crippen molar-refractivity contribution in [3.63, 3.8) is 0 Å². The molecule has 0 spiro atoms. The predicted octanol–water partition coefficient (Wildman–Crippen LogP) is 5.84. The van der Waals surface area contributed by atoms with Crippen LogP contribution in [0.25, 0.3) is 11.1 Å². The molecule has 5 rings (SSSR count). The van der Waals surface area contributed by atoms with Gasteiger partial charge in [-0.2, -0.15) is 0 Å². The fourth-order valence-electron chi connectivity index (χ4n) is 5.13. The lowest BCUT2D eigenvalue weighted by Gasteiger charge is -2.26. The van der Waals surface area contributed by atoms with Crippen LogP contribution >= 0.6 is 0 Å². The van der Waals surface area contributed by atoms with Crippen LogP contribution in [0.2, 0.25) is 0 Å². The Hall–Kier alpha value is -2.65. The lowest BCUT2D eigenvalue weighted by atomic mass is 10.0.